The van der Waals surface area contributed by atoms with Gasteiger partial charge in [0.1, 0.15) is 29.6 Å². The molecule has 3 heterocycles. The van der Waals surface area contributed by atoms with Crippen molar-refractivity contribution in [1.82, 2.24) is 10.2 Å². The van der Waals surface area contributed by atoms with Gasteiger partial charge in [0.05, 0.1) is 12.6 Å². The van der Waals surface area contributed by atoms with E-state index in [1.165, 1.54) is 5.56 Å². The number of carbonyl (C=O) groups is 1. The Kier molecular flexibility index (Phi) is 6.20. The molecule has 2 fully saturated rings. The first-order valence-corrected chi connectivity index (χ1v) is 10.7. The summed E-state index contributed by atoms with van der Waals surface area (Å²) in [6.45, 7) is 5.86. The molecule has 1 atom stereocenters. The van der Waals surface area contributed by atoms with E-state index in [9.17, 15) is 4.79 Å². The van der Waals surface area contributed by atoms with E-state index in [4.69, 9.17) is 26.1 Å². The number of thiocarbonyl (C=S) groups is 1. The van der Waals surface area contributed by atoms with Gasteiger partial charge < -0.3 is 19.2 Å². The highest BCUT2D eigenvalue weighted by atomic mass is 32.1. The van der Waals surface area contributed by atoms with Crippen LogP contribution in [0.4, 0.5) is 0 Å². The molecule has 6 nitrogen and oxygen atoms in total. The van der Waals surface area contributed by atoms with E-state index in [1.54, 1.807) is 11.0 Å². The minimum atomic E-state index is -0.157. The van der Waals surface area contributed by atoms with Crippen molar-refractivity contribution in [2.45, 2.75) is 45.3 Å². The maximum Gasteiger partial charge on any atom is 0.276 e. The van der Waals surface area contributed by atoms with Gasteiger partial charge in [-0.2, -0.15) is 0 Å². The number of furan rings is 1. The fraction of sp³-hybridized carbons (Fsp3) is 0.391. The molecular formula is C23H26N2O4S. The van der Waals surface area contributed by atoms with Crippen LogP contribution in [0.25, 0.3) is 6.08 Å². The van der Waals surface area contributed by atoms with Crippen molar-refractivity contribution >= 4 is 29.3 Å². The lowest BCUT2D eigenvalue weighted by Crippen LogP contribution is -2.37. The summed E-state index contributed by atoms with van der Waals surface area (Å²) in [6.07, 6.45) is 3.70. The molecule has 0 spiro atoms. The van der Waals surface area contributed by atoms with Crippen molar-refractivity contribution in [3.05, 3.63) is 59.2 Å². The zero-order valence-electron chi connectivity index (χ0n) is 17.2. The Balaban J connectivity index is 1.36. The third-order valence-corrected chi connectivity index (χ3v) is 5.59. The van der Waals surface area contributed by atoms with Gasteiger partial charge in [-0.3, -0.25) is 9.69 Å². The van der Waals surface area contributed by atoms with Crippen LogP contribution in [0, 0.1) is 0 Å². The van der Waals surface area contributed by atoms with Gasteiger partial charge in [-0.25, -0.2) is 0 Å². The standard InChI is InChI=1S/C23H26N2O4S/c1-15(2)16-5-7-17(8-6-16)28-14-20-10-9-18(29-20)12-21-22(26)25(23(30)24-21)13-19-4-3-11-27-19/h5-10,12,15,19H,3-4,11,13-14H2,1-2H3,(H,24,30)/b21-12+. The van der Waals surface area contributed by atoms with Crippen LogP contribution in [-0.4, -0.2) is 35.2 Å². The molecule has 0 radical (unpaired) electrons. The van der Waals surface area contributed by atoms with Gasteiger partial charge in [0.15, 0.2) is 5.11 Å². The van der Waals surface area contributed by atoms with Gasteiger partial charge >= 0.3 is 0 Å². The third-order valence-electron chi connectivity index (χ3n) is 5.27. The largest absolute Gasteiger partial charge is 0.486 e. The number of amides is 1. The van der Waals surface area contributed by atoms with Crippen molar-refractivity contribution < 1.29 is 18.7 Å². The van der Waals surface area contributed by atoms with Gasteiger partial charge in [-0.05, 0) is 60.8 Å². The summed E-state index contributed by atoms with van der Waals surface area (Å²) in [5, 5.41) is 3.38. The highest BCUT2D eigenvalue weighted by Gasteiger charge is 2.33. The van der Waals surface area contributed by atoms with Crippen LogP contribution in [0.5, 0.6) is 5.75 Å². The normalized spacial score (nSPS) is 20.4. The number of rotatable bonds is 7. The number of hydrogen-bond acceptors (Lipinski definition) is 5. The molecule has 1 aromatic heterocycles. The van der Waals surface area contributed by atoms with Crippen LogP contribution in [-0.2, 0) is 16.1 Å². The Hall–Kier alpha value is -2.64. The molecule has 158 valence electrons. The minimum Gasteiger partial charge on any atom is -0.486 e. The quantitative estimate of drug-likeness (QED) is 0.528. The van der Waals surface area contributed by atoms with E-state index in [2.05, 4.69) is 31.3 Å². The fourth-order valence-electron chi connectivity index (χ4n) is 3.52. The minimum absolute atomic E-state index is 0.0509. The summed E-state index contributed by atoms with van der Waals surface area (Å²) in [5.74, 6) is 2.37. The van der Waals surface area contributed by atoms with Crippen LogP contribution in [0.3, 0.4) is 0 Å². The molecule has 1 aromatic carbocycles. The van der Waals surface area contributed by atoms with Gasteiger partial charge in [0.2, 0.25) is 0 Å². The van der Waals surface area contributed by atoms with E-state index in [-0.39, 0.29) is 12.0 Å². The van der Waals surface area contributed by atoms with E-state index in [1.807, 2.05) is 24.3 Å². The Morgan fingerprint density at radius 1 is 1.27 bits per heavy atom. The summed E-state index contributed by atoms with van der Waals surface area (Å²) in [7, 11) is 0. The topological polar surface area (TPSA) is 63.9 Å². The summed E-state index contributed by atoms with van der Waals surface area (Å²) in [6, 6.07) is 11.7. The van der Waals surface area contributed by atoms with E-state index >= 15 is 0 Å². The molecule has 0 aliphatic carbocycles. The van der Waals surface area contributed by atoms with Crippen LogP contribution >= 0.6 is 12.2 Å². The number of nitrogens with zero attached hydrogens (tertiary/aromatic N) is 1. The van der Waals surface area contributed by atoms with Gasteiger partial charge in [-0.15, -0.1) is 0 Å². The van der Waals surface area contributed by atoms with Crippen LogP contribution in [0.2, 0.25) is 0 Å². The highest BCUT2D eigenvalue weighted by Crippen LogP contribution is 2.22. The zero-order valence-corrected chi connectivity index (χ0v) is 18.0. The third kappa shape index (κ3) is 4.74. The lowest BCUT2D eigenvalue weighted by molar-refractivity contribution is -0.123. The average molecular weight is 427 g/mol. The van der Waals surface area contributed by atoms with Crippen molar-refractivity contribution in [3.63, 3.8) is 0 Å². The number of benzene rings is 1. The van der Waals surface area contributed by atoms with Gasteiger partial charge in [0.25, 0.3) is 5.91 Å². The summed E-state index contributed by atoms with van der Waals surface area (Å²) in [5.41, 5.74) is 1.68. The monoisotopic (exact) mass is 426 g/mol. The number of ether oxygens (including phenoxy) is 2. The van der Waals surface area contributed by atoms with Crippen molar-refractivity contribution in [1.29, 1.82) is 0 Å². The molecule has 2 aliphatic heterocycles. The molecule has 2 aromatic rings. The van der Waals surface area contributed by atoms with E-state index in [0.29, 0.717) is 41.4 Å². The molecule has 1 N–H and O–H groups in total. The van der Waals surface area contributed by atoms with Crippen molar-refractivity contribution in [2.24, 2.45) is 0 Å². The number of carbonyl (C=O) groups excluding carboxylic acids is 1. The van der Waals surface area contributed by atoms with Crippen molar-refractivity contribution in [3.8, 4) is 5.75 Å². The molecule has 2 aliphatic rings. The van der Waals surface area contributed by atoms with Crippen LogP contribution in [0.1, 0.15) is 49.7 Å². The molecule has 1 amide bonds. The fourth-order valence-corrected chi connectivity index (χ4v) is 3.79. The maximum absolute atomic E-state index is 12.7. The molecule has 30 heavy (non-hydrogen) atoms. The number of nitrogens with one attached hydrogen (secondary N) is 1. The summed E-state index contributed by atoms with van der Waals surface area (Å²) >= 11 is 5.32. The second-order valence-electron chi connectivity index (χ2n) is 7.86. The Morgan fingerprint density at radius 2 is 2.07 bits per heavy atom. The molecule has 2 saturated heterocycles. The van der Waals surface area contributed by atoms with Gasteiger partial charge in [0, 0.05) is 12.7 Å². The maximum atomic E-state index is 12.7. The predicted octanol–water partition coefficient (Wildman–Crippen LogP) is 4.22. The lowest BCUT2D eigenvalue weighted by Gasteiger charge is -2.18. The Labute approximate surface area is 181 Å². The SMILES string of the molecule is CC(C)c1ccc(OCc2ccc(/C=C3/NC(=S)N(CC4CCCO4)C3=O)o2)cc1. The smallest absolute Gasteiger partial charge is 0.276 e. The second kappa shape index (κ2) is 9.02. The molecule has 7 heteroatoms. The van der Waals surface area contributed by atoms with E-state index in [0.717, 1.165) is 25.2 Å². The van der Waals surface area contributed by atoms with Gasteiger partial charge in [-0.1, -0.05) is 26.0 Å². The zero-order chi connectivity index (χ0) is 21.1. The molecule has 4 rings (SSSR count). The van der Waals surface area contributed by atoms with Crippen LogP contribution < -0.4 is 10.1 Å². The number of hydrogen-bond donors (Lipinski definition) is 1. The summed E-state index contributed by atoms with van der Waals surface area (Å²) in [4.78, 5) is 14.2. The van der Waals surface area contributed by atoms with Crippen LogP contribution in [0.15, 0.2) is 46.5 Å². The highest BCUT2D eigenvalue weighted by molar-refractivity contribution is 7.80. The predicted molar refractivity (Wildman–Crippen MR) is 118 cm³/mol. The first kappa shape index (κ1) is 20.6. The molecule has 1 unspecified atom stereocenters. The molecule has 0 saturated carbocycles. The second-order valence-corrected chi connectivity index (χ2v) is 8.24. The lowest BCUT2D eigenvalue weighted by atomic mass is 10.0. The first-order chi connectivity index (χ1) is 14.5. The van der Waals surface area contributed by atoms with Crippen molar-refractivity contribution in [2.75, 3.05) is 13.2 Å². The average Bonchev–Trinajstić information content (AvgIpc) is 3.46. The molecular weight excluding hydrogens is 400 g/mol. The Bertz CT molecular complexity index is 942. The summed E-state index contributed by atoms with van der Waals surface area (Å²) < 4.78 is 17.2. The Morgan fingerprint density at radius 3 is 2.77 bits per heavy atom. The van der Waals surface area contributed by atoms with E-state index < -0.39 is 0 Å². The first-order valence-electron chi connectivity index (χ1n) is 10.3. The molecule has 0 bridgehead atoms.